The number of ether oxygens (including phenoxy) is 8. The SMILES string of the molecule is C[C@@H]1O[C@@H](O[C@H]2[C@H](OC(=O)[C@]34CC[C@@H](C)[C@@](C)(O)[C@H]3C3=CC[C@@H]5[C@@]6(C)CC[C@H](O[C@@H]7OC[C@H](O)[C@H](O)[C@H]7O)C(C)(C)[C@@H]6CC[C@@]5(C)[C@]3(C)CC4)O[C@H](CO[C@@H]3OC[C@@H](O)[C@H](O)[C@H]3O)[C@@H](O)[C@@H]2O)[C@H](O)[C@H](O)[C@H]1O. The van der Waals surface area contributed by atoms with Gasteiger partial charge in [-0.1, -0.05) is 53.2 Å². The van der Waals surface area contributed by atoms with E-state index in [2.05, 4.69) is 40.7 Å². The highest BCUT2D eigenvalue weighted by atomic mass is 16.8. The van der Waals surface area contributed by atoms with Gasteiger partial charge >= 0.3 is 5.97 Å². The van der Waals surface area contributed by atoms with E-state index in [0.29, 0.717) is 38.5 Å². The van der Waals surface area contributed by atoms with Crippen molar-refractivity contribution in [2.45, 2.75) is 235 Å². The first-order chi connectivity index (χ1) is 34.1. The number of esters is 1. The molecule has 0 bridgehead atoms. The molecule has 4 aliphatic heterocycles. The molecule has 5 aliphatic carbocycles. The second-order valence-corrected chi connectivity index (χ2v) is 25.1. The van der Waals surface area contributed by atoms with Crippen molar-refractivity contribution in [1.29, 1.82) is 0 Å². The third-order valence-electron chi connectivity index (χ3n) is 21.0. The Hall–Kier alpha value is -1.55. The van der Waals surface area contributed by atoms with Crippen molar-refractivity contribution in [1.82, 2.24) is 0 Å². The number of allylic oxidation sites excluding steroid dienone is 1. The molecule has 0 amide bonds. The van der Waals surface area contributed by atoms with Crippen molar-refractivity contribution in [2.75, 3.05) is 19.8 Å². The van der Waals surface area contributed by atoms with Gasteiger partial charge in [-0.05, 0) is 111 Å². The van der Waals surface area contributed by atoms with Crippen molar-refractivity contribution < 1.29 is 104 Å². The summed E-state index contributed by atoms with van der Waals surface area (Å²) in [7, 11) is 0. The summed E-state index contributed by atoms with van der Waals surface area (Å²) in [5, 5.41) is 130. The number of rotatable bonds is 9. The first kappa shape index (κ1) is 56.2. The van der Waals surface area contributed by atoms with Gasteiger partial charge in [0.15, 0.2) is 25.0 Å². The number of hydrogen-bond acceptors (Lipinski definition) is 21. The third-order valence-corrected chi connectivity index (χ3v) is 21.0. The van der Waals surface area contributed by atoms with E-state index in [1.807, 2.05) is 6.92 Å². The highest BCUT2D eigenvalue weighted by Gasteiger charge is 2.72. The van der Waals surface area contributed by atoms with Gasteiger partial charge in [0, 0.05) is 5.92 Å². The topological polar surface area (TPSA) is 334 Å². The van der Waals surface area contributed by atoms with Crippen LogP contribution in [0.3, 0.4) is 0 Å². The molecule has 21 nitrogen and oxygen atoms in total. The summed E-state index contributed by atoms with van der Waals surface area (Å²) in [6.45, 7) is 15.6. The zero-order chi connectivity index (χ0) is 53.3. The Kier molecular flexibility index (Phi) is 15.4. The summed E-state index contributed by atoms with van der Waals surface area (Å²) in [5.41, 5.74) is -3.06. The standard InChI is InChI=1S/C52H84O21/c1-22-11-16-52(46(64)73-45-40(72-44-39(63)35(59)31(55)23(2)69-44)36(60)34(58)27(70-45)21-68-42-37(61)32(56)25(53)19-66-42)18-17-49(6)24(41(52)51(22,8)65)9-10-29-48(5)14-13-30(47(3,4)28(48)12-15-50(29,49)7)71-43-38(62)33(57)26(54)20-67-43/h9,22-23,25-45,53-63,65H,10-21H2,1-8H3/t22-,23+,25-,26+,27-,28+,29-,30+,31+,32+,33+,34-,35-,36+,37-,38-,39-,40-,41-,42+,43+,44+,45+,48+,49-,50-,51-,52+/m1/s1. The molecule has 0 spiro atoms. The summed E-state index contributed by atoms with van der Waals surface area (Å²) in [6.07, 6.45) is -20.4. The van der Waals surface area contributed by atoms with E-state index >= 15 is 4.79 Å². The molecule has 28 atom stereocenters. The van der Waals surface area contributed by atoms with E-state index < -0.39 is 146 Å². The van der Waals surface area contributed by atoms with Crippen LogP contribution in [-0.4, -0.2) is 209 Å². The van der Waals surface area contributed by atoms with Gasteiger partial charge in [-0.25, -0.2) is 0 Å². The lowest BCUT2D eigenvalue weighted by molar-refractivity contribution is -0.365. The van der Waals surface area contributed by atoms with Crippen LogP contribution < -0.4 is 0 Å². The minimum Gasteiger partial charge on any atom is -0.432 e. The molecule has 0 unspecified atom stereocenters. The molecule has 73 heavy (non-hydrogen) atoms. The lowest BCUT2D eigenvalue weighted by Crippen LogP contribution is -2.68. The molecule has 9 rings (SSSR count). The van der Waals surface area contributed by atoms with E-state index in [-0.39, 0.29) is 53.3 Å². The zero-order valence-corrected chi connectivity index (χ0v) is 43.4. The van der Waals surface area contributed by atoms with Gasteiger partial charge in [0.1, 0.15) is 73.2 Å². The number of carbonyl (C=O) groups excluding carboxylic acids is 1. The maximum atomic E-state index is 15.6. The number of carbonyl (C=O) groups is 1. The van der Waals surface area contributed by atoms with Crippen molar-refractivity contribution in [3.05, 3.63) is 11.6 Å². The molecule has 0 aromatic carbocycles. The summed E-state index contributed by atoms with van der Waals surface area (Å²) < 4.78 is 47.7. The Bertz CT molecular complexity index is 2020. The van der Waals surface area contributed by atoms with Crippen LogP contribution in [0, 0.1) is 50.7 Å². The summed E-state index contributed by atoms with van der Waals surface area (Å²) in [6, 6.07) is 0. The number of hydrogen-bond donors (Lipinski definition) is 12. The van der Waals surface area contributed by atoms with Crippen LogP contribution >= 0.6 is 0 Å². The van der Waals surface area contributed by atoms with Gasteiger partial charge in [0.25, 0.3) is 0 Å². The molecule has 4 saturated carbocycles. The highest BCUT2D eigenvalue weighted by Crippen LogP contribution is 2.76. The van der Waals surface area contributed by atoms with Crippen LogP contribution in [0.1, 0.15) is 113 Å². The first-order valence-corrected chi connectivity index (χ1v) is 26.7. The molecule has 8 fully saturated rings. The molecule has 21 heteroatoms. The van der Waals surface area contributed by atoms with Crippen LogP contribution in [-0.2, 0) is 42.7 Å². The van der Waals surface area contributed by atoms with Gasteiger partial charge in [-0.2, -0.15) is 0 Å². The van der Waals surface area contributed by atoms with Crippen molar-refractivity contribution in [2.24, 2.45) is 50.7 Å². The minimum atomic E-state index is -1.92. The zero-order valence-electron chi connectivity index (χ0n) is 43.4. The third kappa shape index (κ3) is 8.91. The van der Waals surface area contributed by atoms with E-state index in [9.17, 15) is 61.3 Å². The fourth-order valence-electron chi connectivity index (χ4n) is 16.0. The normalized spacial score (nSPS) is 56.0. The summed E-state index contributed by atoms with van der Waals surface area (Å²) in [5.74, 6) is -1.32. The van der Waals surface area contributed by atoms with E-state index in [4.69, 9.17) is 37.9 Å². The monoisotopic (exact) mass is 1040 g/mol. The molecule has 0 aromatic rings. The Labute approximate surface area is 426 Å². The lowest BCUT2D eigenvalue weighted by atomic mass is 9.33. The van der Waals surface area contributed by atoms with Gasteiger partial charge in [-0.15, -0.1) is 0 Å². The van der Waals surface area contributed by atoms with Crippen LogP contribution in [0.5, 0.6) is 0 Å². The van der Waals surface area contributed by atoms with Crippen molar-refractivity contribution >= 4 is 5.97 Å². The maximum Gasteiger partial charge on any atom is 0.315 e. The second kappa shape index (κ2) is 20.0. The van der Waals surface area contributed by atoms with E-state index in [1.165, 1.54) is 6.92 Å². The van der Waals surface area contributed by atoms with Gasteiger partial charge in [-0.3, -0.25) is 4.79 Å². The molecule has 9 aliphatic rings. The molecule has 0 aromatic heterocycles. The minimum absolute atomic E-state index is 0.148. The van der Waals surface area contributed by atoms with Gasteiger partial charge in [0.2, 0.25) is 6.29 Å². The largest absolute Gasteiger partial charge is 0.432 e. The van der Waals surface area contributed by atoms with Gasteiger partial charge in [0.05, 0.1) is 43.0 Å². The molecular weight excluding hydrogens is 961 g/mol. The predicted molar refractivity (Wildman–Crippen MR) is 251 cm³/mol. The molecule has 12 N–H and O–H groups in total. The fraction of sp³-hybridized carbons (Fsp3) is 0.942. The number of aliphatic hydroxyl groups excluding tert-OH is 11. The molecular formula is C52H84O21. The number of aliphatic hydroxyl groups is 12. The summed E-state index contributed by atoms with van der Waals surface area (Å²) >= 11 is 0. The van der Waals surface area contributed by atoms with Crippen molar-refractivity contribution in [3.63, 3.8) is 0 Å². The van der Waals surface area contributed by atoms with E-state index in [0.717, 1.165) is 24.8 Å². The Morgan fingerprint density at radius 1 is 0.630 bits per heavy atom. The van der Waals surface area contributed by atoms with Crippen LogP contribution in [0.2, 0.25) is 0 Å². The molecule has 4 heterocycles. The lowest BCUT2D eigenvalue weighted by Gasteiger charge is -2.72. The van der Waals surface area contributed by atoms with Gasteiger partial charge < -0.3 is 99.2 Å². The van der Waals surface area contributed by atoms with Crippen LogP contribution in [0.15, 0.2) is 11.6 Å². The number of fused-ring (bicyclic) bond motifs is 7. The Morgan fingerprint density at radius 3 is 1.93 bits per heavy atom. The maximum absolute atomic E-state index is 15.6. The highest BCUT2D eigenvalue weighted by molar-refractivity contribution is 5.79. The predicted octanol–water partition coefficient (Wildman–Crippen LogP) is -0.759. The average Bonchev–Trinajstić information content (AvgIpc) is 3.33. The molecule has 418 valence electrons. The molecule has 4 saturated heterocycles. The summed E-state index contributed by atoms with van der Waals surface area (Å²) in [4.78, 5) is 15.6. The van der Waals surface area contributed by atoms with Crippen LogP contribution in [0.4, 0.5) is 0 Å². The smallest absolute Gasteiger partial charge is 0.315 e. The van der Waals surface area contributed by atoms with E-state index in [1.54, 1.807) is 6.92 Å². The quantitative estimate of drug-likeness (QED) is 0.0767. The first-order valence-electron chi connectivity index (χ1n) is 26.7. The Balaban J connectivity index is 1.00. The fourth-order valence-corrected chi connectivity index (χ4v) is 16.0. The average molecular weight is 1050 g/mol. The van der Waals surface area contributed by atoms with Crippen LogP contribution in [0.25, 0.3) is 0 Å². The Morgan fingerprint density at radius 2 is 1.26 bits per heavy atom. The molecule has 0 radical (unpaired) electrons. The second-order valence-electron chi connectivity index (χ2n) is 25.1. The van der Waals surface area contributed by atoms with Crippen molar-refractivity contribution in [3.8, 4) is 0 Å².